The molecule has 0 saturated heterocycles. The summed E-state index contributed by atoms with van der Waals surface area (Å²) in [5, 5.41) is 7.43. The molecule has 34 heavy (non-hydrogen) atoms. The van der Waals surface area contributed by atoms with Crippen LogP contribution in [0.3, 0.4) is 0 Å². The molecule has 6 aromatic rings. The minimum absolute atomic E-state index is 0.0180. The number of aromatic amines is 2. The first kappa shape index (κ1) is 20.2. The first-order valence-electron chi connectivity index (χ1n) is 10.3. The molecule has 0 spiro atoms. The zero-order valence-electron chi connectivity index (χ0n) is 17.8. The number of nitrogens with zero attached hydrogens (tertiary/aromatic N) is 4. The van der Waals surface area contributed by atoms with Crippen LogP contribution in [0.4, 0.5) is 10.1 Å². The highest BCUT2D eigenvalue weighted by molar-refractivity contribution is 7.17. The van der Waals surface area contributed by atoms with Gasteiger partial charge in [0.25, 0.3) is 0 Å². The smallest absolute Gasteiger partial charge is 0.169 e. The maximum Gasteiger partial charge on any atom is 0.169 e. The number of rotatable bonds is 4. The van der Waals surface area contributed by atoms with Crippen LogP contribution in [0.5, 0.6) is 0 Å². The molecule has 1 aromatic carbocycles. The van der Waals surface area contributed by atoms with E-state index in [0.717, 1.165) is 16.0 Å². The van der Waals surface area contributed by atoms with Crippen LogP contribution < -0.4 is 5.73 Å². The highest BCUT2D eigenvalue weighted by Gasteiger charge is 2.21. The molecule has 4 N–H and O–H groups in total. The summed E-state index contributed by atoms with van der Waals surface area (Å²) in [4.78, 5) is 29.6. The third-order valence-corrected chi connectivity index (χ3v) is 6.75. The van der Waals surface area contributed by atoms with Crippen LogP contribution in [0.25, 0.3) is 55.2 Å². The quantitative estimate of drug-likeness (QED) is 0.304. The van der Waals surface area contributed by atoms with Gasteiger partial charge in [-0.05, 0) is 31.2 Å². The predicted molar refractivity (Wildman–Crippen MR) is 130 cm³/mol. The topological polar surface area (TPSA) is 126 Å². The van der Waals surface area contributed by atoms with Crippen LogP contribution in [0.1, 0.15) is 16.6 Å². The summed E-state index contributed by atoms with van der Waals surface area (Å²) in [6.45, 7) is 1.54. The van der Waals surface area contributed by atoms with Gasteiger partial charge in [-0.2, -0.15) is 5.10 Å². The monoisotopic (exact) mass is 469 g/mol. The summed E-state index contributed by atoms with van der Waals surface area (Å²) in [5.74, 6) is -0.109. The molecule has 0 bridgehead atoms. The molecule has 0 unspecified atom stereocenters. The lowest BCUT2D eigenvalue weighted by atomic mass is 10.1. The van der Waals surface area contributed by atoms with Gasteiger partial charge in [0.15, 0.2) is 17.4 Å². The third-order valence-electron chi connectivity index (χ3n) is 5.53. The van der Waals surface area contributed by atoms with Gasteiger partial charge in [0.2, 0.25) is 0 Å². The normalized spacial score (nSPS) is 11.5. The molecule has 6 rings (SSSR count). The van der Waals surface area contributed by atoms with Crippen molar-refractivity contribution in [2.75, 3.05) is 5.73 Å². The molecule has 0 amide bonds. The summed E-state index contributed by atoms with van der Waals surface area (Å²) in [5.41, 5.74) is 9.97. The number of ketones is 1. The number of Topliss-reactive ketones (excluding diaryl/α,β-unsaturated/α-hetero) is 1. The minimum atomic E-state index is -0.543. The number of hydrogen-bond donors (Lipinski definition) is 3. The number of aromatic nitrogens is 6. The van der Waals surface area contributed by atoms with E-state index in [1.54, 1.807) is 13.0 Å². The Morgan fingerprint density at radius 3 is 2.76 bits per heavy atom. The molecule has 0 aliphatic rings. The Labute approximate surface area is 195 Å². The average molecular weight is 470 g/mol. The van der Waals surface area contributed by atoms with Gasteiger partial charge in [-0.25, -0.2) is 9.37 Å². The molecule has 0 saturated carbocycles. The highest BCUT2D eigenvalue weighted by atomic mass is 32.1. The van der Waals surface area contributed by atoms with Gasteiger partial charge in [-0.15, -0.1) is 11.3 Å². The van der Waals surface area contributed by atoms with Gasteiger partial charge in [-0.3, -0.25) is 19.9 Å². The largest absolute Gasteiger partial charge is 0.397 e. The first-order chi connectivity index (χ1) is 16.5. The van der Waals surface area contributed by atoms with Crippen molar-refractivity contribution in [2.45, 2.75) is 6.92 Å². The molecule has 0 radical (unpaired) electrons. The van der Waals surface area contributed by atoms with E-state index in [4.69, 9.17) is 10.7 Å². The summed E-state index contributed by atoms with van der Waals surface area (Å²) in [6, 6.07) is 11.1. The maximum atomic E-state index is 15.7. The van der Waals surface area contributed by atoms with Gasteiger partial charge in [0.1, 0.15) is 11.4 Å². The Morgan fingerprint density at radius 2 is 1.97 bits per heavy atom. The number of pyridine rings is 2. The molecule has 0 aliphatic carbocycles. The predicted octanol–water partition coefficient (Wildman–Crippen LogP) is 5.22. The van der Waals surface area contributed by atoms with Gasteiger partial charge in [0.05, 0.1) is 38.7 Å². The van der Waals surface area contributed by atoms with E-state index < -0.39 is 5.82 Å². The zero-order chi connectivity index (χ0) is 23.4. The number of nitrogens with one attached hydrogen (secondary N) is 2. The number of halogens is 1. The summed E-state index contributed by atoms with van der Waals surface area (Å²) in [7, 11) is 0. The standard InChI is InChI=1S/C24H16FN7OS/c1-11(33)17-5-6-18(34-17)14-3-2-4-15-22(14)30-24(29-15)23-19-16(31-32-23)10-28-21(20(19)25)12-7-13(26)9-27-8-12/h2-10H,26H2,1H3,(H,29,30)(H,31,32). The fourth-order valence-corrected chi connectivity index (χ4v) is 4.88. The summed E-state index contributed by atoms with van der Waals surface area (Å²) < 4.78 is 15.7. The van der Waals surface area contributed by atoms with Crippen LogP contribution in [-0.4, -0.2) is 35.9 Å². The number of nitrogens with two attached hydrogens (primary N) is 1. The molecule has 0 aliphatic heterocycles. The van der Waals surface area contributed by atoms with E-state index in [-0.39, 0.29) is 16.9 Å². The highest BCUT2D eigenvalue weighted by Crippen LogP contribution is 2.36. The average Bonchev–Trinajstić information content (AvgIpc) is 3.56. The summed E-state index contributed by atoms with van der Waals surface area (Å²) >= 11 is 1.41. The fraction of sp³-hybridized carbons (Fsp3) is 0.0417. The Kier molecular flexibility index (Phi) is 4.49. The van der Waals surface area contributed by atoms with Crippen LogP contribution >= 0.6 is 11.3 Å². The Balaban J connectivity index is 1.52. The van der Waals surface area contributed by atoms with Crippen LogP contribution in [0.2, 0.25) is 0 Å². The lowest BCUT2D eigenvalue weighted by Crippen LogP contribution is -1.94. The molecule has 166 valence electrons. The van der Waals surface area contributed by atoms with Gasteiger partial charge >= 0.3 is 0 Å². The van der Waals surface area contributed by atoms with Crippen molar-refractivity contribution in [2.24, 2.45) is 0 Å². The van der Waals surface area contributed by atoms with Crippen molar-refractivity contribution in [1.82, 2.24) is 30.1 Å². The van der Waals surface area contributed by atoms with Crippen molar-refractivity contribution in [3.63, 3.8) is 0 Å². The number of carbonyl (C=O) groups excluding carboxylic acids is 1. The number of imidazole rings is 1. The second-order valence-corrected chi connectivity index (χ2v) is 8.88. The number of nitrogen functional groups attached to an aromatic ring is 1. The number of carbonyl (C=O) groups is 1. The second kappa shape index (κ2) is 7.56. The fourth-order valence-electron chi connectivity index (χ4n) is 3.95. The maximum absolute atomic E-state index is 15.7. The van der Waals surface area contributed by atoms with E-state index in [1.165, 1.54) is 29.9 Å². The number of H-pyrrole nitrogens is 2. The van der Waals surface area contributed by atoms with Gasteiger partial charge in [0, 0.05) is 28.4 Å². The van der Waals surface area contributed by atoms with Crippen molar-refractivity contribution in [1.29, 1.82) is 0 Å². The number of benzene rings is 1. The Hall–Kier alpha value is -4.44. The molecular formula is C24H16FN7OS. The van der Waals surface area contributed by atoms with E-state index in [9.17, 15) is 4.79 Å². The molecule has 0 atom stereocenters. The third kappa shape index (κ3) is 3.15. The minimum Gasteiger partial charge on any atom is -0.397 e. The lowest BCUT2D eigenvalue weighted by molar-refractivity contribution is 0.102. The molecule has 10 heteroatoms. The zero-order valence-corrected chi connectivity index (χ0v) is 18.6. The van der Waals surface area contributed by atoms with Crippen LogP contribution in [0.15, 0.2) is 55.0 Å². The van der Waals surface area contributed by atoms with Gasteiger partial charge < -0.3 is 10.7 Å². The van der Waals surface area contributed by atoms with E-state index in [0.29, 0.717) is 38.7 Å². The van der Waals surface area contributed by atoms with Crippen molar-refractivity contribution < 1.29 is 9.18 Å². The van der Waals surface area contributed by atoms with Gasteiger partial charge in [-0.1, -0.05) is 12.1 Å². The first-order valence-corrected chi connectivity index (χ1v) is 11.1. The summed E-state index contributed by atoms with van der Waals surface area (Å²) in [6.07, 6.45) is 4.52. The van der Waals surface area contributed by atoms with Crippen LogP contribution in [0, 0.1) is 5.82 Å². The second-order valence-electron chi connectivity index (χ2n) is 7.80. The Morgan fingerprint density at radius 1 is 1.09 bits per heavy atom. The van der Waals surface area contributed by atoms with E-state index in [1.807, 2.05) is 30.3 Å². The molecule has 8 nitrogen and oxygen atoms in total. The number of hydrogen-bond acceptors (Lipinski definition) is 7. The molecule has 0 fully saturated rings. The SMILES string of the molecule is CC(=O)c1ccc(-c2cccc3[nH]c(-c4n[nH]c5cnc(-c6cncc(N)c6)c(F)c45)nc23)s1. The number of thiophene rings is 1. The van der Waals surface area contributed by atoms with E-state index >= 15 is 4.39 Å². The van der Waals surface area contributed by atoms with Crippen LogP contribution in [-0.2, 0) is 0 Å². The van der Waals surface area contributed by atoms with E-state index in [2.05, 4.69) is 25.1 Å². The number of anilines is 1. The van der Waals surface area contributed by atoms with Crippen molar-refractivity contribution >= 4 is 44.7 Å². The number of fused-ring (bicyclic) bond motifs is 2. The lowest BCUT2D eigenvalue weighted by Gasteiger charge is -2.04. The van der Waals surface area contributed by atoms with Crippen molar-refractivity contribution in [3.8, 4) is 33.2 Å². The molecule has 5 aromatic heterocycles. The molecular weight excluding hydrogens is 453 g/mol. The van der Waals surface area contributed by atoms with Crippen molar-refractivity contribution in [3.05, 3.63) is 65.7 Å². The Bertz CT molecular complexity index is 1730. The molecule has 5 heterocycles. The number of para-hydroxylation sites is 1.